The number of rotatable bonds is 6. The predicted molar refractivity (Wildman–Crippen MR) is 68.5 cm³/mol. The van der Waals surface area contributed by atoms with Crippen LogP contribution in [0, 0.1) is 11.6 Å². The third-order valence-corrected chi connectivity index (χ3v) is 2.98. The lowest BCUT2D eigenvalue weighted by Gasteiger charge is -2.25. The minimum absolute atomic E-state index is 0.0239. The molecule has 0 amide bonds. The maximum absolute atomic E-state index is 13.1. The molecule has 0 aliphatic carbocycles. The van der Waals surface area contributed by atoms with Crippen LogP contribution >= 0.6 is 0 Å². The minimum atomic E-state index is -0.809. The molecule has 1 rings (SSSR count). The number of nitrogens with zero attached hydrogens (tertiary/aromatic N) is 1. The number of ether oxygens (including phenoxy) is 1. The van der Waals surface area contributed by atoms with E-state index in [1.807, 2.05) is 27.8 Å². The third kappa shape index (κ3) is 4.35. The molecule has 4 heteroatoms. The van der Waals surface area contributed by atoms with Gasteiger partial charge in [0, 0.05) is 12.6 Å². The Morgan fingerprint density at radius 2 is 1.83 bits per heavy atom. The van der Waals surface area contributed by atoms with Gasteiger partial charge in [0.15, 0.2) is 11.6 Å². The lowest BCUT2D eigenvalue weighted by Crippen LogP contribution is -2.27. The van der Waals surface area contributed by atoms with Crippen molar-refractivity contribution in [2.45, 2.75) is 32.9 Å². The number of hydrogen-bond donors (Lipinski definition) is 0. The van der Waals surface area contributed by atoms with Gasteiger partial charge in [0.05, 0.1) is 12.7 Å². The quantitative estimate of drug-likeness (QED) is 0.774. The Kier molecular flexibility index (Phi) is 5.69. The molecule has 0 N–H and O–H groups in total. The van der Waals surface area contributed by atoms with Crippen LogP contribution in [0.3, 0.4) is 0 Å². The summed E-state index contributed by atoms with van der Waals surface area (Å²) >= 11 is 0. The molecule has 2 nitrogen and oxygen atoms in total. The Morgan fingerprint density at radius 1 is 1.17 bits per heavy atom. The van der Waals surface area contributed by atoms with Crippen LogP contribution in [-0.2, 0) is 4.74 Å². The molecule has 0 fully saturated rings. The van der Waals surface area contributed by atoms with Gasteiger partial charge in [-0.1, -0.05) is 6.07 Å². The van der Waals surface area contributed by atoms with Crippen LogP contribution in [0.15, 0.2) is 18.2 Å². The van der Waals surface area contributed by atoms with Crippen molar-refractivity contribution in [2.75, 3.05) is 20.2 Å². The van der Waals surface area contributed by atoms with Gasteiger partial charge in [0.2, 0.25) is 0 Å². The summed E-state index contributed by atoms with van der Waals surface area (Å²) in [6.45, 7) is 7.31. The van der Waals surface area contributed by atoms with Crippen molar-refractivity contribution < 1.29 is 13.5 Å². The van der Waals surface area contributed by atoms with Crippen molar-refractivity contribution in [3.8, 4) is 0 Å². The summed E-state index contributed by atoms with van der Waals surface area (Å²) in [5, 5.41) is 0. The van der Waals surface area contributed by atoms with Gasteiger partial charge in [-0.25, -0.2) is 8.78 Å². The van der Waals surface area contributed by atoms with E-state index in [-0.39, 0.29) is 12.1 Å². The zero-order valence-corrected chi connectivity index (χ0v) is 11.4. The fourth-order valence-corrected chi connectivity index (χ4v) is 1.65. The molecule has 0 heterocycles. The Labute approximate surface area is 108 Å². The van der Waals surface area contributed by atoms with Gasteiger partial charge < -0.3 is 4.74 Å². The standard InChI is InChI=1S/C14H21F2NO/c1-10(2)18-8-7-17(4)11(3)12-5-6-13(15)14(16)9-12/h5-6,9-11H,7-8H2,1-4H3. The van der Waals surface area contributed by atoms with E-state index < -0.39 is 11.6 Å². The first kappa shape index (κ1) is 15.1. The molecule has 0 aromatic heterocycles. The Hall–Kier alpha value is -1.00. The molecule has 1 aromatic carbocycles. The van der Waals surface area contributed by atoms with Crippen molar-refractivity contribution in [3.05, 3.63) is 35.4 Å². The summed E-state index contributed by atoms with van der Waals surface area (Å²) in [5.74, 6) is -1.61. The Bertz CT molecular complexity index is 382. The molecule has 102 valence electrons. The van der Waals surface area contributed by atoms with E-state index in [2.05, 4.69) is 4.90 Å². The molecule has 0 bridgehead atoms. The van der Waals surface area contributed by atoms with Crippen LogP contribution in [0.5, 0.6) is 0 Å². The second-order valence-corrected chi connectivity index (χ2v) is 4.75. The minimum Gasteiger partial charge on any atom is -0.377 e. The smallest absolute Gasteiger partial charge is 0.159 e. The molecular weight excluding hydrogens is 236 g/mol. The number of likely N-dealkylation sites (N-methyl/N-ethyl adjacent to an activating group) is 1. The molecule has 0 saturated carbocycles. The fraction of sp³-hybridized carbons (Fsp3) is 0.571. The Balaban J connectivity index is 2.56. The molecule has 0 saturated heterocycles. The number of hydrogen-bond acceptors (Lipinski definition) is 2. The topological polar surface area (TPSA) is 12.5 Å². The Morgan fingerprint density at radius 3 is 2.39 bits per heavy atom. The van der Waals surface area contributed by atoms with Gasteiger partial charge in [0.25, 0.3) is 0 Å². The van der Waals surface area contributed by atoms with Gasteiger partial charge in [0.1, 0.15) is 0 Å². The summed E-state index contributed by atoms with van der Waals surface area (Å²) in [5.41, 5.74) is 0.765. The van der Waals surface area contributed by atoms with Crippen molar-refractivity contribution in [3.63, 3.8) is 0 Å². The third-order valence-electron chi connectivity index (χ3n) is 2.98. The van der Waals surface area contributed by atoms with Gasteiger partial charge in [-0.05, 0) is 45.5 Å². The van der Waals surface area contributed by atoms with E-state index in [1.54, 1.807) is 6.07 Å². The van der Waals surface area contributed by atoms with E-state index in [0.29, 0.717) is 6.61 Å². The average molecular weight is 257 g/mol. The highest BCUT2D eigenvalue weighted by Crippen LogP contribution is 2.20. The van der Waals surface area contributed by atoms with E-state index in [4.69, 9.17) is 4.74 Å². The van der Waals surface area contributed by atoms with Crippen LogP contribution < -0.4 is 0 Å². The normalized spacial score (nSPS) is 13.3. The summed E-state index contributed by atoms with van der Waals surface area (Å²) in [7, 11) is 1.94. The monoisotopic (exact) mass is 257 g/mol. The molecule has 0 radical (unpaired) electrons. The lowest BCUT2D eigenvalue weighted by atomic mass is 10.1. The zero-order valence-electron chi connectivity index (χ0n) is 11.4. The predicted octanol–water partition coefficient (Wildman–Crippen LogP) is 3.38. The van der Waals surface area contributed by atoms with Crippen molar-refractivity contribution in [1.82, 2.24) is 4.90 Å². The SMILES string of the molecule is CC(C)OCCN(C)C(C)c1ccc(F)c(F)c1. The molecule has 0 spiro atoms. The first-order valence-corrected chi connectivity index (χ1v) is 6.18. The number of benzene rings is 1. The fourth-order valence-electron chi connectivity index (χ4n) is 1.65. The second-order valence-electron chi connectivity index (χ2n) is 4.75. The van der Waals surface area contributed by atoms with Crippen molar-refractivity contribution in [2.24, 2.45) is 0 Å². The van der Waals surface area contributed by atoms with Crippen LogP contribution in [0.2, 0.25) is 0 Å². The summed E-state index contributed by atoms with van der Waals surface area (Å²) in [4.78, 5) is 2.05. The average Bonchev–Trinajstić information content (AvgIpc) is 2.31. The van der Waals surface area contributed by atoms with Crippen LogP contribution in [-0.4, -0.2) is 31.2 Å². The maximum Gasteiger partial charge on any atom is 0.159 e. The second kappa shape index (κ2) is 6.81. The highest BCUT2D eigenvalue weighted by Gasteiger charge is 2.13. The molecule has 1 unspecified atom stereocenters. The van der Waals surface area contributed by atoms with E-state index in [1.165, 1.54) is 12.1 Å². The molecule has 1 atom stereocenters. The van der Waals surface area contributed by atoms with Gasteiger partial charge in [-0.15, -0.1) is 0 Å². The number of halogens is 2. The van der Waals surface area contributed by atoms with Gasteiger partial charge in [-0.2, -0.15) is 0 Å². The summed E-state index contributed by atoms with van der Waals surface area (Å²) in [6, 6.07) is 4.05. The largest absolute Gasteiger partial charge is 0.377 e. The van der Waals surface area contributed by atoms with Gasteiger partial charge in [-0.3, -0.25) is 4.90 Å². The van der Waals surface area contributed by atoms with Crippen LogP contribution in [0.25, 0.3) is 0 Å². The van der Waals surface area contributed by atoms with Gasteiger partial charge >= 0.3 is 0 Å². The molecule has 0 aliphatic heterocycles. The molecule has 0 aliphatic rings. The van der Waals surface area contributed by atoms with Crippen LogP contribution in [0.1, 0.15) is 32.4 Å². The molecule has 1 aromatic rings. The van der Waals surface area contributed by atoms with Crippen LogP contribution in [0.4, 0.5) is 8.78 Å². The zero-order chi connectivity index (χ0) is 13.7. The van der Waals surface area contributed by atoms with Crippen molar-refractivity contribution in [1.29, 1.82) is 0 Å². The van der Waals surface area contributed by atoms with E-state index in [0.717, 1.165) is 12.1 Å². The first-order valence-electron chi connectivity index (χ1n) is 6.18. The highest BCUT2D eigenvalue weighted by atomic mass is 19.2. The summed E-state index contributed by atoms with van der Waals surface area (Å²) < 4.78 is 31.5. The molecular formula is C14H21F2NO. The summed E-state index contributed by atoms with van der Waals surface area (Å²) in [6.07, 6.45) is 0.206. The van der Waals surface area contributed by atoms with E-state index >= 15 is 0 Å². The molecule has 18 heavy (non-hydrogen) atoms. The van der Waals surface area contributed by atoms with Crippen molar-refractivity contribution >= 4 is 0 Å². The first-order chi connectivity index (χ1) is 8.41. The lowest BCUT2D eigenvalue weighted by molar-refractivity contribution is 0.0572. The maximum atomic E-state index is 13.1. The highest BCUT2D eigenvalue weighted by molar-refractivity contribution is 5.20. The van der Waals surface area contributed by atoms with E-state index in [9.17, 15) is 8.78 Å².